The Morgan fingerprint density at radius 3 is 2.06 bits per heavy atom. The Kier molecular flexibility index (Phi) is 3.40. The van der Waals surface area contributed by atoms with Crippen molar-refractivity contribution >= 4 is 5.97 Å². The van der Waals surface area contributed by atoms with Crippen molar-refractivity contribution in [3.8, 4) is 6.07 Å². The van der Waals surface area contributed by atoms with Gasteiger partial charge in [-0.05, 0) is 23.3 Å². The fraction of sp³-hybridized carbons (Fsp3) is 0.0667. The van der Waals surface area contributed by atoms with E-state index in [1.165, 1.54) is 0 Å². The molecule has 3 heteroatoms. The molecule has 2 rings (SSSR count). The van der Waals surface area contributed by atoms with Gasteiger partial charge in [-0.3, -0.25) is 4.79 Å². The summed E-state index contributed by atoms with van der Waals surface area (Å²) in [6.07, 6.45) is 0. The molecule has 0 radical (unpaired) electrons. The predicted octanol–water partition coefficient (Wildman–Crippen LogP) is 2.77. The van der Waals surface area contributed by atoms with Gasteiger partial charge in [0.15, 0.2) is 0 Å². The van der Waals surface area contributed by atoms with Crippen LogP contribution in [0.25, 0.3) is 0 Å². The van der Waals surface area contributed by atoms with E-state index in [2.05, 4.69) is 0 Å². The minimum Gasteiger partial charge on any atom is -0.481 e. The van der Waals surface area contributed by atoms with Crippen LogP contribution in [-0.4, -0.2) is 11.1 Å². The van der Waals surface area contributed by atoms with Crippen molar-refractivity contribution in [2.24, 2.45) is 0 Å². The number of nitrogens with zero attached hydrogens (tertiary/aromatic N) is 1. The first-order valence-corrected chi connectivity index (χ1v) is 5.50. The molecule has 0 fully saturated rings. The maximum atomic E-state index is 11.4. The zero-order valence-corrected chi connectivity index (χ0v) is 9.58. The lowest BCUT2D eigenvalue weighted by Crippen LogP contribution is -2.12. The van der Waals surface area contributed by atoms with Gasteiger partial charge in [0.05, 0.1) is 11.6 Å². The number of rotatable bonds is 3. The lowest BCUT2D eigenvalue weighted by Gasteiger charge is -2.13. The monoisotopic (exact) mass is 237 g/mol. The molecular formula is C15H11NO2. The molecule has 0 aliphatic rings. The molecule has 0 amide bonds. The average molecular weight is 237 g/mol. The van der Waals surface area contributed by atoms with Crippen LogP contribution in [0.15, 0.2) is 54.6 Å². The van der Waals surface area contributed by atoms with E-state index in [9.17, 15) is 9.90 Å². The van der Waals surface area contributed by atoms with E-state index in [1.807, 2.05) is 24.3 Å². The number of hydrogen-bond acceptors (Lipinski definition) is 2. The quantitative estimate of drug-likeness (QED) is 0.892. The molecule has 0 saturated heterocycles. The van der Waals surface area contributed by atoms with Crippen molar-refractivity contribution in [1.82, 2.24) is 0 Å². The second-order valence-electron chi connectivity index (χ2n) is 3.92. The summed E-state index contributed by atoms with van der Waals surface area (Å²) in [7, 11) is 0. The summed E-state index contributed by atoms with van der Waals surface area (Å²) in [4.78, 5) is 11.4. The number of nitriles is 1. The Balaban J connectivity index is 2.43. The normalized spacial score (nSPS) is 11.5. The molecule has 1 atom stereocenters. The van der Waals surface area contributed by atoms with Crippen LogP contribution >= 0.6 is 0 Å². The molecule has 18 heavy (non-hydrogen) atoms. The topological polar surface area (TPSA) is 61.1 Å². The summed E-state index contributed by atoms with van der Waals surface area (Å²) in [5.41, 5.74) is 1.93. The Morgan fingerprint density at radius 2 is 1.56 bits per heavy atom. The third kappa shape index (κ3) is 2.38. The van der Waals surface area contributed by atoms with Gasteiger partial charge in [0.25, 0.3) is 0 Å². The Morgan fingerprint density at radius 1 is 1.00 bits per heavy atom. The molecule has 2 aromatic rings. The van der Waals surface area contributed by atoms with Gasteiger partial charge in [0.1, 0.15) is 5.92 Å². The van der Waals surface area contributed by atoms with Crippen LogP contribution in [0.5, 0.6) is 0 Å². The fourth-order valence-corrected chi connectivity index (χ4v) is 1.87. The van der Waals surface area contributed by atoms with Crippen LogP contribution in [0.2, 0.25) is 0 Å². The summed E-state index contributed by atoms with van der Waals surface area (Å²) < 4.78 is 0. The minimum absolute atomic E-state index is 0.524. The zero-order valence-electron chi connectivity index (χ0n) is 9.58. The summed E-state index contributed by atoms with van der Waals surface area (Å²) in [6, 6.07) is 17.7. The molecule has 0 bridgehead atoms. The molecular weight excluding hydrogens is 226 g/mol. The number of carboxylic acids is 1. The van der Waals surface area contributed by atoms with Gasteiger partial charge >= 0.3 is 5.97 Å². The number of benzene rings is 2. The molecule has 0 aliphatic carbocycles. The van der Waals surface area contributed by atoms with E-state index >= 15 is 0 Å². The number of carbonyl (C=O) groups is 1. The number of hydrogen-bond donors (Lipinski definition) is 1. The van der Waals surface area contributed by atoms with E-state index in [0.29, 0.717) is 11.1 Å². The van der Waals surface area contributed by atoms with E-state index in [0.717, 1.165) is 5.56 Å². The van der Waals surface area contributed by atoms with Crippen LogP contribution in [0.3, 0.4) is 0 Å². The minimum atomic E-state index is -0.897. The molecule has 1 N–H and O–H groups in total. The average Bonchev–Trinajstić information content (AvgIpc) is 2.40. The van der Waals surface area contributed by atoms with Crippen LogP contribution in [-0.2, 0) is 4.79 Å². The SMILES string of the molecule is N#Cc1ccc(C(C(=O)O)c2ccccc2)cc1. The first kappa shape index (κ1) is 11.9. The van der Waals surface area contributed by atoms with E-state index in [-0.39, 0.29) is 0 Å². The smallest absolute Gasteiger partial charge is 0.315 e. The zero-order chi connectivity index (χ0) is 13.0. The summed E-state index contributed by atoms with van der Waals surface area (Å²) in [5.74, 6) is -1.59. The van der Waals surface area contributed by atoms with E-state index in [4.69, 9.17) is 5.26 Å². The van der Waals surface area contributed by atoms with Crippen molar-refractivity contribution in [2.45, 2.75) is 5.92 Å². The molecule has 0 saturated carbocycles. The second kappa shape index (κ2) is 5.15. The van der Waals surface area contributed by atoms with Gasteiger partial charge in [0, 0.05) is 0 Å². The maximum absolute atomic E-state index is 11.4. The summed E-state index contributed by atoms with van der Waals surface area (Å²) in [6.45, 7) is 0. The number of carboxylic acid groups (broad SMARTS) is 1. The van der Waals surface area contributed by atoms with Crippen LogP contribution in [0.4, 0.5) is 0 Å². The van der Waals surface area contributed by atoms with Gasteiger partial charge in [-0.15, -0.1) is 0 Å². The van der Waals surface area contributed by atoms with Crippen LogP contribution < -0.4 is 0 Å². The molecule has 3 nitrogen and oxygen atoms in total. The Bertz CT molecular complexity index is 582. The largest absolute Gasteiger partial charge is 0.481 e. The first-order valence-electron chi connectivity index (χ1n) is 5.50. The molecule has 88 valence electrons. The highest BCUT2D eigenvalue weighted by Crippen LogP contribution is 2.25. The van der Waals surface area contributed by atoms with Gasteiger partial charge in [-0.2, -0.15) is 5.26 Å². The van der Waals surface area contributed by atoms with Gasteiger partial charge in [0.2, 0.25) is 0 Å². The first-order chi connectivity index (χ1) is 8.72. The summed E-state index contributed by atoms with van der Waals surface area (Å²) >= 11 is 0. The molecule has 0 heterocycles. The lowest BCUT2D eigenvalue weighted by molar-refractivity contribution is -0.137. The van der Waals surface area contributed by atoms with Crippen molar-refractivity contribution in [1.29, 1.82) is 5.26 Å². The molecule has 1 unspecified atom stereocenters. The molecule has 2 aromatic carbocycles. The molecule has 0 spiro atoms. The Labute approximate surface area is 105 Å². The van der Waals surface area contributed by atoms with E-state index < -0.39 is 11.9 Å². The van der Waals surface area contributed by atoms with Gasteiger partial charge < -0.3 is 5.11 Å². The predicted molar refractivity (Wildman–Crippen MR) is 67.1 cm³/mol. The second-order valence-corrected chi connectivity index (χ2v) is 3.92. The van der Waals surface area contributed by atoms with Gasteiger partial charge in [-0.1, -0.05) is 42.5 Å². The highest BCUT2D eigenvalue weighted by molar-refractivity contribution is 5.80. The van der Waals surface area contributed by atoms with Crippen molar-refractivity contribution in [2.75, 3.05) is 0 Å². The third-order valence-corrected chi connectivity index (χ3v) is 2.75. The summed E-state index contributed by atoms with van der Waals surface area (Å²) in [5, 5.41) is 18.1. The highest BCUT2D eigenvalue weighted by atomic mass is 16.4. The highest BCUT2D eigenvalue weighted by Gasteiger charge is 2.21. The van der Waals surface area contributed by atoms with Crippen LogP contribution in [0, 0.1) is 11.3 Å². The molecule has 0 aliphatic heterocycles. The van der Waals surface area contributed by atoms with Crippen LogP contribution in [0.1, 0.15) is 22.6 Å². The standard InChI is InChI=1S/C15H11NO2/c16-10-11-6-8-13(9-7-11)14(15(17)18)12-4-2-1-3-5-12/h1-9,14H,(H,17,18). The molecule has 0 aromatic heterocycles. The van der Waals surface area contributed by atoms with Crippen molar-refractivity contribution in [3.63, 3.8) is 0 Å². The van der Waals surface area contributed by atoms with Gasteiger partial charge in [-0.25, -0.2) is 0 Å². The van der Waals surface area contributed by atoms with Crippen molar-refractivity contribution < 1.29 is 9.90 Å². The fourth-order valence-electron chi connectivity index (χ4n) is 1.87. The maximum Gasteiger partial charge on any atom is 0.315 e. The van der Waals surface area contributed by atoms with E-state index in [1.54, 1.807) is 36.4 Å². The third-order valence-electron chi connectivity index (χ3n) is 2.75. The number of aliphatic carboxylic acids is 1. The Hall–Kier alpha value is -2.60. The lowest BCUT2D eigenvalue weighted by atomic mass is 9.91. The van der Waals surface area contributed by atoms with Crippen molar-refractivity contribution in [3.05, 3.63) is 71.3 Å².